The maximum Gasteiger partial charge on any atom is 0.306 e. The first-order chi connectivity index (χ1) is 10.1. The molecule has 0 fully saturated rings. The second-order valence-electron chi connectivity index (χ2n) is 4.47. The molecule has 0 heterocycles. The summed E-state index contributed by atoms with van der Waals surface area (Å²) in [7, 11) is 1.55. The molecule has 0 bridgehead atoms. The third-order valence-corrected chi connectivity index (χ3v) is 3.62. The quantitative estimate of drug-likeness (QED) is 0.694. The van der Waals surface area contributed by atoms with Gasteiger partial charge in [-0.25, -0.2) is 0 Å². The molecule has 0 aliphatic rings. The van der Waals surface area contributed by atoms with Crippen LogP contribution in [0.25, 0.3) is 0 Å². The van der Waals surface area contributed by atoms with Crippen LogP contribution in [-0.2, 0) is 11.3 Å². The zero-order chi connectivity index (χ0) is 15.3. The normalized spacial score (nSPS) is 11.2. The summed E-state index contributed by atoms with van der Waals surface area (Å²) >= 11 is 3.31. The van der Waals surface area contributed by atoms with Crippen LogP contribution in [0.15, 0.2) is 48.5 Å². The summed E-state index contributed by atoms with van der Waals surface area (Å²) in [5.41, 5.74) is 0.706. The molecule has 2 aromatic rings. The molecule has 2 nitrogen and oxygen atoms in total. The van der Waals surface area contributed by atoms with Gasteiger partial charge < -0.3 is 9.47 Å². The Balaban J connectivity index is 2.12. The van der Waals surface area contributed by atoms with Crippen LogP contribution >= 0.6 is 15.9 Å². The van der Waals surface area contributed by atoms with E-state index in [-0.39, 0.29) is 5.56 Å². The largest absolute Gasteiger partial charge is 0.497 e. The molecular weight excluding hydrogens is 342 g/mol. The summed E-state index contributed by atoms with van der Waals surface area (Å²) in [4.78, 5) is 0. The lowest BCUT2D eigenvalue weighted by Crippen LogP contribution is -2.23. The molecule has 2 rings (SSSR count). The van der Waals surface area contributed by atoms with Crippen LogP contribution in [0.3, 0.4) is 0 Å². The van der Waals surface area contributed by atoms with Gasteiger partial charge in [0, 0.05) is 16.5 Å². The summed E-state index contributed by atoms with van der Waals surface area (Å²) in [6, 6.07) is 12.7. The van der Waals surface area contributed by atoms with Gasteiger partial charge in [-0.2, -0.15) is 8.78 Å². The van der Waals surface area contributed by atoms with Crippen molar-refractivity contribution in [1.82, 2.24) is 0 Å². The van der Waals surface area contributed by atoms with Crippen LogP contribution in [0.5, 0.6) is 11.5 Å². The van der Waals surface area contributed by atoms with Crippen LogP contribution in [0, 0.1) is 0 Å². The number of hydrogen-bond acceptors (Lipinski definition) is 2. The molecule has 0 unspecified atom stereocenters. The number of methoxy groups -OCH3 is 1. The van der Waals surface area contributed by atoms with E-state index in [2.05, 4.69) is 15.9 Å². The fourth-order valence-electron chi connectivity index (χ4n) is 1.86. The number of ether oxygens (including phenoxy) is 2. The van der Waals surface area contributed by atoms with Crippen molar-refractivity contribution in [2.75, 3.05) is 13.7 Å². The minimum absolute atomic E-state index is 0.0566. The molecule has 5 heteroatoms. The maximum atomic E-state index is 14.1. The fourth-order valence-corrected chi connectivity index (χ4v) is 2.30. The zero-order valence-corrected chi connectivity index (χ0v) is 13.1. The lowest BCUT2D eigenvalue weighted by Gasteiger charge is -2.19. The van der Waals surface area contributed by atoms with Gasteiger partial charge in [0.1, 0.15) is 11.5 Å². The van der Waals surface area contributed by atoms with Crippen molar-refractivity contribution >= 4 is 15.9 Å². The molecule has 0 radical (unpaired) electrons. The van der Waals surface area contributed by atoms with Gasteiger partial charge in [0.2, 0.25) is 0 Å². The lowest BCUT2D eigenvalue weighted by molar-refractivity contribution is -0.0468. The molecule has 0 spiro atoms. The summed E-state index contributed by atoms with van der Waals surface area (Å²) < 4.78 is 38.5. The summed E-state index contributed by atoms with van der Waals surface area (Å²) in [6.45, 7) is -0.705. The number of hydrogen-bond donors (Lipinski definition) is 0. The Labute approximate surface area is 130 Å². The monoisotopic (exact) mass is 356 g/mol. The molecule has 0 aliphatic carbocycles. The van der Waals surface area contributed by atoms with Gasteiger partial charge in [-0.15, -0.1) is 0 Å². The molecule has 0 saturated heterocycles. The molecule has 2 aromatic carbocycles. The van der Waals surface area contributed by atoms with E-state index in [0.29, 0.717) is 16.8 Å². The third kappa shape index (κ3) is 3.94. The van der Waals surface area contributed by atoms with E-state index in [0.717, 1.165) is 5.56 Å². The Morgan fingerprint density at radius 2 is 1.81 bits per heavy atom. The van der Waals surface area contributed by atoms with Crippen molar-refractivity contribution in [2.45, 2.75) is 11.3 Å². The molecule has 0 amide bonds. The molecule has 0 N–H and O–H groups in total. The van der Waals surface area contributed by atoms with Gasteiger partial charge in [0.25, 0.3) is 0 Å². The highest BCUT2D eigenvalue weighted by molar-refractivity contribution is 9.08. The van der Waals surface area contributed by atoms with Crippen molar-refractivity contribution in [3.05, 3.63) is 59.7 Å². The van der Waals surface area contributed by atoms with Gasteiger partial charge in [0.05, 0.1) is 7.11 Å². The maximum absolute atomic E-state index is 14.1. The van der Waals surface area contributed by atoms with E-state index in [1.165, 1.54) is 12.1 Å². The first kappa shape index (κ1) is 15.8. The molecule has 112 valence electrons. The van der Waals surface area contributed by atoms with Crippen LogP contribution in [0.1, 0.15) is 11.1 Å². The highest BCUT2D eigenvalue weighted by atomic mass is 79.9. The van der Waals surface area contributed by atoms with Gasteiger partial charge in [0.15, 0.2) is 6.61 Å². The Morgan fingerprint density at radius 3 is 2.43 bits per heavy atom. The highest BCUT2D eigenvalue weighted by Gasteiger charge is 2.32. The topological polar surface area (TPSA) is 18.5 Å². The average Bonchev–Trinajstić information content (AvgIpc) is 2.53. The molecule has 21 heavy (non-hydrogen) atoms. The number of alkyl halides is 3. The fraction of sp³-hybridized carbons (Fsp3) is 0.250. The van der Waals surface area contributed by atoms with Crippen LogP contribution < -0.4 is 9.47 Å². The van der Waals surface area contributed by atoms with Crippen molar-refractivity contribution in [3.8, 4) is 11.5 Å². The van der Waals surface area contributed by atoms with Crippen molar-refractivity contribution in [3.63, 3.8) is 0 Å². The van der Waals surface area contributed by atoms with Crippen molar-refractivity contribution in [2.24, 2.45) is 0 Å². The molecule has 0 aromatic heterocycles. The second-order valence-corrected chi connectivity index (χ2v) is 5.03. The third-order valence-electron chi connectivity index (χ3n) is 3.02. The van der Waals surface area contributed by atoms with Crippen LogP contribution in [0.2, 0.25) is 0 Å². The first-order valence-electron chi connectivity index (χ1n) is 6.36. The van der Waals surface area contributed by atoms with E-state index < -0.39 is 12.5 Å². The van der Waals surface area contributed by atoms with Gasteiger partial charge in [-0.1, -0.05) is 46.3 Å². The van der Waals surface area contributed by atoms with Gasteiger partial charge in [-0.3, -0.25) is 0 Å². The van der Waals surface area contributed by atoms with Gasteiger partial charge >= 0.3 is 5.92 Å². The average molecular weight is 357 g/mol. The molecular formula is C16H15BrF2O2. The lowest BCUT2D eigenvalue weighted by atomic mass is 10.1. The summed E-state index contributed by atoms with van der Waals surface area (Å²) in [5, 5.41) is 0.496. The predicted octanol–water partition coefficient (Wildman–Crippen LogP) is 4.76. The molecule has 0 atom stereocenters. The molecule has 0 aliphatic heterocycles. The van der Waals surface area contributed by atoms with Crippen LogP contribution in [-0.4, -0.2) is 13.7 Å². The van der Waals surface area contributed by atoms with E-state index in [1.807, 2.05) is 0 Å². The highest BCUT2D eigenvalue weighted by Crippen LogP contribution is 2.31. The Hall–Kier alpha value is -1.62. The standard InChI is InChI=1S/C16H15BrF2O2/c1-20-14-7-8-15(12(9-14)10-17)21-11-16(18,19)13-5-3-2-4-6-13/h2-9H,10-11H2,1H3. The van der Waals surface area contributed by atoms with Gasteiger partial charge in [-0.05, 0) is 18.2 Å². The van der Waals surface area contributed by atoms with Crippen LogP contribution in [0.4, 0.5) is 8.78 Å². The Bertz CT molecular complexity index is 588. The van der Waals surface area contributed by atoms with E-state index in [4.69, 9.17) is 9.47 Å². The van der Waals surface area contributed by atoms with E-state index in [9.17, 15) is 8.78 Å². The first-order valence-corrected chi connectivity index (χ1v) is 7.48. The summed E-state index contributed by atoms with van der Waals surface area (Å²) in [5.74, 6) is -1.96. The number of halogens is 3. The summed E-state index contributed by atoms with van der Waals surface area (Å²) in [6.07, 6.45) is 0. The Kier molecular flexibility index (Phi) is 5.17. The van der Waals surface area contributed by atoms with Crippen molar-refractivity contribution in [1.29, 1.82) is 0 Å². The zero-order valence-electron chi connectivity index (χ0n) is 11.5. The Morgan fingerprint density at radius 1 is 1.10 bits per heavy atom. The minimum Gasteiger partial charge on any atom is -0.497 e. The van der Waals surface area contributed by atoms with E-state index >= 15 is 0 Å². The second kappa shape index (κ2) is 6.89. The molecule has 0 saturated carbocycles. The number of rotatable bonds is 6. The number of benzene rings is 2. The van der Waals surface area contributed by atoms with E-state index in [1.54, 1.807) is 43.5 Å². The smallest absolute Gasteiger partial charge is 0.306 e. The van der Waals surface area contributed by atoms with Crippen molar-refractivity contribution < 1.29 is 18.3 Å². The predicted molar refractivity (Wildman–Crippen MR) is 81.5 cm³/mol. The SMILES string of the molecule is COc1ccc(OCC(F)(F)c2ccccc2)c(CBr)c1. The minimum atomic E-state index is -3.04.